The first-order valence-corrected chi connectivity index (χ1v) is 13.0. The van der Waals surface area contributed by atoms with Crippen LogP contribution in [-0.2, 0) is 17.6 Å². The lowest BCUT2D eigenvalue weighted by atomic mass is 9.82. The van der Waals surface area contributed by atoms with E-state index < -0.39 is 0 Å². The second kappa shape index (κ2) is 10.7. The molecule has 0 radical (unpaired) electrons. The molecule has 2 aliphatic rings. The van der Waals surface area contributed by atoms with Crippen LogP contribution < -0.4 is 0 Å². The van der Waals surface area contributed by atoms with Gasteiger partial charge >= 0.3 is 6.09 Å². The Kier molecular flexibility index (Phi) is 7.24. The molecule has 0 N–H and O–H groups in total. The van der Waals surface area contributed by atoms with Crippen molar-refractivity contribution in [2.24, 2.45) is 0 Å². The van der Waals surface area contributed by atoms with E-state index in [2.05, 4.69) is 11.1 Å². The molecule has 37 heavy (non-hydrogen) atoms. The monoisotopic (exact) mass is 517 g/mol. The van der Waals surface area contributed by atoms with Gasteiger partial charge < -0.3 is 14.5 Å². The highest BCUT2D eigenvalue weighted by Crippen LogP contribution is 2.38. The third kappa shape index (κ3) is 5.09. The Hall–Kier alpha value is -3.70. The lowest BCUT2D eigenvalue weighted by Crippen LogP contribution is -2.50. The average Bonchev–Trinajstić information content (AvgIpc) is 2.95. The second-order valence-corrected chi connectivity index (χ2v) is 9.88. The lowest BCUT2D eigenvalue weighted by Gasteiger charge is -2.34. The van der Waals surface area contributed by atoms with E-state index in [-0.39, 0.29) is 17.9 Å². The molecular formula is C28H28ClN5O3. The molecule has 190 valence electrons. The van der Waals surface area contributed by atoms with E-state index in [1.54, 1.807) is 22.1 Å². The van der Waals surface area contributed by atoms with E-state index in [9.17, 15) is 14.9 Å². The molecule has 1 atom stereocenters. The fraction of sp³-hybridized carbons (Fsp3) is 0.393. The van der Waals surface area contributed by atoms with Crippen LogP contribution in [0.25, 0.3) is 10.9 Å². The number of carbonyl (C=O) groups is 2. The molecule has 1 aromatic carbocycles. The summed E-state index contributed by atoms with van der Waals surface area (Å²) in [5.74, 6) is 0.145. The minimum absolute atomic E-state index is 0.0854. The Balaban J connectivity index is 1.34. The number of halogens is 1. The van der Waals surface area contributed by atoms with Crippen LogP contribution in [0.3, 0.4) is 0 Å². The van der Waals surface area contributed by atoms with E-state index in [0.717, 1.165) is 41.5 Å². The van der Waals surface area contributed by atoms with Gasteiger partial charge in [-0.1, -0.05) is 24.6 Å². The molecule has 1 aliphatic carbocycles. The molecule has 5 rings (SSSR count). The third-order valence-electron chi connectivity index (χ3n) is 7.16. The van der Waals surface area contributed by atoms with Crippen molar-refractivity contribution in [2.45, 2.75) is 38.5 Å². The summed E-state index contributed by atoms with van der Waals surface area (Å²) in [5.41, 5.74) is 4.74. The van der Waals surface area contributed by atoms with Crippen molar-refractivity contribution in [3.05, 3.63) is 69.6 Å². The van der Waals surface area contributed by atoms with Gasteiger partial charge in [-0.05, 0) is 67.0 Å². The Morgan fingerprint density at radius 2 is 1.95 bits per heavy atom. The number of nitrogens with zero attached hydrogens (tertiary/aromatic N) is 5. The maximum Gasteiger partial charge on any atom is 0.409 e. The number of rotatable bonds is 4. The van der Waals surface area contributed by atoms with Gasteiger partial charge in [0.25, 0.3) is 5.91 Å². The predicted molar refractivity (Wildman–Crippen MR) is 140 cm³/mol. The molecule has 1 saturated heterocycles. The second-order valence-electron chi connectivity index (χ2n) is 9.50. The van der Waals surface area contributed by atoms with E-state index in [0.29, 0.717) is 61.0 Å². The third-order valence-corrected chi connectivity index (χ3v) is 7.59. The molecule has 3 heterocycles. The zero-order chi connectivity index (χ0) is 25.9. The maximum absolute atomic E-state index is 13.3. The smallest absolute Gasteiger partial charge is 0.409 e. The molecule has 2 amide bonds. The van der Waals surface area contributed by atoms with E-state index in [4.69, 9.17) is 21.3 Å². The van der Waals surface area contributed by atoms with Gasteiger partial charge in [0.15, 0.2) is 0 Å². The summed E-state index contributed by atoms with van der Waals surface area (Å²) >= 11 is 6.83. The van der Waals surface area contributed by atoms with Crippen LogP contribution in [0.2, 0.25) is 5.02 Å². The molecular weight excluding hydrogens is 490 g/mol. The van der Waals surface area contributed by atoms with Crippen molar-refractivity contribution in [2.75, 3.05) is 32.8 Å². The Bertz CT molecular complexity index is 1390. The summed E-state index contributed by atoms with van der Waals surface area (Å²) < 4.78 is 5.21. The number of amides is 2. The highest BCUT2D eigenvalue weighted by molar-refractivity contribution is 6.36. The Morgan fingerprint density at radius 3 is 2.70 bits per heavy atom. The summed E-state index contributed by atoms with van der Waals surface area (Å²) in [7, 11) is 0. The number of fused-ring (bicyclic) bond motifs is 2. The fourth-order valence-corrected chi connectivity index (χ4v) is 5.49. The summed E-state index contributed by atoms with van der Waals surface area (Å²) in [6, 6.07) is 11.4. The first kappa shape index (κ1) is 25.0. The van der Waals surface area contributed by atoms with Gasteiger partial charge in [0.05, 0.1) is 17.1 Å². The molecule has 3 aromatic rings. The topological polar surface area (TPSA) is 99.4 Å². The zero-order valence-electron chi connectivity index (χ0n) is 20.7. The normalized spacial score (nSPS) is 17.3. The number of piperazine rings is 1. The van der Waals surface area contributed by atoms with Crippen LogP contribution in [0.4, 0.5) is 4.79 Å². The Morgan fingerprint density at radius 1 is 1.16 bits per heavy atom. The van der Waals surface area contributed by atoms with Crippen molar-refractivity contribution in [1.29, 1.82) is 5.26 Å². The zero-order valence-corrected chi connectivity index (χ0v) is 21.5. The van der Waals surface area contributed by atoms with Gasteiger partial charge in [-0.3, -0.25) is 9.78 Å². The number of carbonyl (C=O) groups excluding carboxylic acids is 2. The van der Waals surface area contributed by atoms with E-state index in [1.165, 1.54) is 0 Å². The van der Waals surface area contributed by atoms with Crippen LogP contribution in [0.15, 0.2) is 36.5 Å². The number of nitriles is 1. The minimum atomic E-state index is -0.322. The molecule has 0 spiro atoms. The first-order valence-electron chi connectivity index (χ1n) is 12.7. The summed E-state index contributed by atoms with van der Waals surface area (Å²) in [6.45, 7) is 4.16. The summed E-state index contributed by atoms with van der Waals surface area (Å²) in [6.07, 6.45) is 4.57. The van der Waals surface area contributed by atoms with Gasteiger partial charge in [-0.25, -0.2) is 9.78 Å². The van der Waals surface area contributed by atoms with Crippen LogP contribution in [-0.4, -0.2) is 64.6 Å². The van der Waals surface area contributed by atoms with Gasteiger partial charge in [0.1, 0.15) is 11.8 Å². The average molecular weight is 518 g/mol. The van der Waals surface area contributed by atoms with Gasteiger partial charge in [-0.15, -0.1) is 0 Å². The fourth-order valence-electron chi connectivity index (χ4n) is 5.12. The Labute approximate surface area is 220 Å². The first-order chi connectivity index (χ1) is 18.0. The summed E-state index contributed by atoms with van der Waals surface area (Å²) in [4.78, 5) is 37.8. The van der Waals surface area contributed by atoms with Crippen molar-refractivity contribution >= 4 is 34.5 Å². The van der Waals surface area contributed by atoms with Crippen LogP contribution in [0.1, 0.15) is 58.6 Å². The van der Waals surface area contributed by atoms with Gasteiger partial charge in [0, 0.05) is 49.0 Å². The van der Waals surface area contributed by atoms with E-state index in [1.807, 2.05) is 31.2 Å². The molecule has 1 unspecified atom stereocenters. The molecule has 8 nitrogen and oxygen atoms in total. The number of pyridine rings is 2. The van der Waals surface area contributed by atoms with Crippen molar-refractivity contribution in [3.8, 4) is 6.07 Å². The SMILES string of the molecule is CCCOC(=O)N1CCN(C(=O)c2ccc3c(Cl)c4c(nc3c2)CC(c2ccnc(C#N)c2)CC4)CC1. The van der Waals surface area contributed by atoms with Crippen LogP contribution >= 0.6 is 11.6 Å². The minimum Gasteiger partial charge on any atom is -0.449 e. The molecule has 9 heteroatoms. The van der Waals surface area contributed by atoms with Crippen molar-refractivity contribution in [3.63, 3.8) is 0 Å². The largest absolute Gasteiger partial charge is 0.449 e. The lowest BCUT2D eigenvalue weighted by molar-refractivity contribution is 0.0560. The van der Waals surface area contributed by atoms with Crippen molar-refractivity contribution < 1.29 is 14.3 Å². The quantitative estimate of drug-likeness (QED) is 0.496. The number of aromatic nitrogens is 2. The molecule has 1 aliphatic heterocycles. The summed E-state index contributed by atoms with van der Waals surface area (Å²) in [5, 5.41) is 10.8. The van der Waals surface area contributed by atoms with E-state index >= 15 is 0 Å². The number of hydrogen-bond acceptors (Lipinski definition) is 6. The molecule has 2 aromatic heterocycles. The van der Waals surface area contributed by atoms with Crippen molar-refractivity contribution in [1.82, 2.24) is 19.8 Å². The highest BCUT2D eigenvalue weighted by Gasteiger charge is 2.28. The molecule has 0 saturated carbocycles. The standard InChI is InChI=1S/C28H28ClN5O3/c1-2-13-37-28(36)34-11-9-33(10-12-34)27(35)20-4-6-23-25(16-20)32-24-15-18(3-5-22(24)26(23)29)19-7-8-31-21(14-19)17-30/h4,6-8,14,16,18H,2-3,5,9-13,15H2,1H3. The molecule has 1 fully saturated rings. The van der Waals surface area contributed by atoms with Crippen LogP contribution in [0, 0.1) is 11.3 Å². The van der Waals surface area contributed by atoms with Gasteiger partial charge in [-0.2, -0.15) is 5.26 Å². The maximum atomic E-state index is 13.3. The highest BCUT2D eigenvalue weighted by atomic mass is 35.5. The number of benzene rings is 1. The number of hydrogen-bond donors (Lipinski definition) is 0. The predicted octanol–water partition coefficient (Wildman–Crippen LogP) is 4.73. The molecule has 0 bridgehead atoms. The number of ether oxygens (including phenoxy) is 1. The van der Waals surface area contributed by atoms with Crippen LogP contribution in [0.5, 0.6) is 0 Å². The van der Waals surface area contributed by atoms with Gasteiger partial charge in [0.2, 0.25) is 0 Å².